The minimum Gasteiger partial charge on any atom is -0.496 e. The van der Waals surface area contributed by atoms with E-state index in [0.717, 1.165) is 22.4 Å². The Labute approximate surface area is 192 Å². The zero-order valence-corrected chi connectivity index (χ0v) is 20.0. The van der Waals surface area contributed by atoms with Gasteiger partial charge in [0.15, 0.2) is 0 Å². The lowest BCUT2D eigenvalue weighted by atomic mass is 9.79. The summed E-state index contributed by atoms with van der Waals surface area (Å²) in [6.45, 7) is 9.84. The van der Waals surface area contributed by atoms with Crippen LogP contribution in [0.3, 0.4) is 0 Å². The molecule has 2 amide bonds. The first kappa shape index (κ1) is 23.8. The van der Waals surface area contributed by atoms with Crippen LogP contribution in [0.5, 0.6) is 5.75 Å². The summed E-state index contributed by atoms with van der Waals surface area (Å²) in [7, 11) is 1.68. The van der Waals surface area contributed by atoms with Crippen LogP contribution in [0.2, 0.25) is 0 Å². The largest absolute Gasteiger partial charge is 0.496 e. The van der Waals surface area contributed by atoms with Crippen LogP contribution in [0, 0.1) is 10.8 Å². The summed E-state index contributed by atoms with van der Waals surface area (Å²) in [6.07, 6.45) is 1.79. The van der Waals surface area contributed by atoms with Crippen molar-refractivity contribution in [3.8, 4) is 16.9 Å². The number of nitrogens with one attached hydrogen (secondary N) is 1. The highest BCUT2D eigenvalue weighted by Crippen LogP contribution is 2.37. The van der Waals surface area contributed by atoms with Crippen LogP contribution in [0.15, 0.2) is 48.5 Å². The van der Waals surface area contributed by atoms with Crippen molar-refractivity contribution in [3.63, 3.8) is 0 Å². The zero-order valence-electron chi connectivity index (χ0n) is 20.0. The molecule has 0 spiro atoms. The number of nitrogens with zero attached hydrogens (tertiary/aromatic N) is 1. The van der Waals surface area contributed by atoms with Gasteiger partial charge in [-0.25, -0.2) is 0 Å². The van der Waals surface area contributed by atoms with Crippen LogP contribution < -0.4 is 10.1 Å². The molecular formula is C27H36N2O3. The Morgan fingerprint density at radius 1 is 1.09 bits per heavy atom. The summed E-state index contributed by atoms with van der Waals surface area (Å²) in [5, 5.41) is 3.02. The first-order chi connectivity index (χ1) is 15.2. The quantitative estimate of drug-likeness (QED) is 0.685. The van der Waals surface area contributed by atoms with Crippen molar-refractivity contribution >= 4 is 11.8 Å². The van der Waals surface area contributed by atoms with Crippen LogP contribution in [-0.2, 0) is 16.0 Å². The first-order valence-corrected chi connectivity index (χ1v) is 11.5. The van der Waals surface area contributed by atoms with Crippen LogP contribution in [0.4, 0.5) is 0 Å². The van der Waals surface area contributed by atoms with Gasteiger partial charge in [0.2, 0.25) is 11.8 Å². The molecule has 5 nitrogen and oxygen atoms in total. The van der Waals surface area contributed by atoms with E-state index in [1.807, 2.05) is 36.1 Å². The summed E-state index contributed by atoms with van der Waals surface area (Å²) >= 11 is 0. The number of carbonyl (C=O) groups excluding carboxylic acids is 2. The molecular weight excluding hydrogens is 400 g/mol. The molecule has 172 valence electrons. The van der Waals surface area contributed by atoms with Gasteiger partial charge in [-0.15, -0.1) is 0 Å². The average molecular weight is 437 g/mol. The van der Waals surface area contributed by atoms with Gasteiger partial charge in [0, 0.05) is 31.6 Å². The van der Waals surface area contributed by atoms with Gasteiger partial charge in [-0.05, 0) is 42.4 Å². The van der Waals surface area contributed by atoms with Gasteiger partial charge < -0.3 is 15.0 Å². The molecule has 1 saturated heterocycles. The minimum atomic E-state index is -0.588. The number of ether oxygens (including phenoxy) is 1. The molecule has 1 fully saturated rings. The molecule has 32 heavy (non-hydrogen) atoms. The van der Waals surface area contributed by atoms with E-state index in [4.69, 9.17) is 4.74 Å². The fraction of sp³-hybridized carbons (Fsp3) is 0.481. The molecule has 2 aromatic rings. The molecule has 1 atom stereocenters. The van der Waals surface area contributed by atoms with E-state index in [0.29, 0.717) is 38.9 Å². The van der Waals surface area contributed by atoms with Crippen molar-refractivity contribution in [3.05, 3.63) is 54.1 Å². The number of para-hydroxylation sites is 1. The molecule has 0 aromatic heterocycles. The number of rotatable bonds is 7. The second-order valence-electron chi connectivity index (χ2n) is 10.0. The lowest BCUT2D eigenvalue weighted by molar-refractivity contribution is -0.134. The van der Waals surface area contributed by atoms with Crippen molar-refractivity contribution in [1.29, 1.82) is 0 Å². The first-order valence-electron chi connectivity index (χ1n) is 11.5. The lowest BCUT2D eigenvalue weighted by Gasteiger charge is -2.29. The third-order valence-corrected chi connectivity index (χ3v) is 6.12. The number of amides is 2. The topological polar surface area (TPSA) is 58.6 Å². The highest BCUT2D eigenvalue weighted by Gasteiger charge is 2.46. The minimum absolute atomic E-state index is 0.0415. The van der Waals surface area contributed by atoms with Crippen molar-refractivity contribution in [2.45, 2.75) is 47.0 Å². The van der Waals surface area contributed by atoms with E-state index >= 15 is 0 Å². The molecule has 1 heterocycles. The maximum atomic E-state index is 13.1. The second kappa shape index (κ2) is 9.76. The van der Waals surface area contributed by atoms with Crippen LogP contribution in [0.1, 0.15) is 46.1 Å². The van der Waals surface area contributed by atoms with E-state index in [1.165, 1.54) is 0 Å². The van der Waals surface area contributed by atoms with E-state index in [-0.39, 0.29) is 17.2 Å². The number of hydrogen-bond donors (Lipinski definition) is 1. The number of hydrogen-bond acceptors (Lipinski definition) is 3. The summed E-state index contributed by atoms with van der Waals surface area (Å²) in [6, 6.07) is 16.3. The molecule has 1 aliphatic rings. The van der Waals surface area contributed by atoms with Gasteiger partial charge in [-0.2, -0.15) is 0 Å². The predicted molar refractivity (Wildman–Crippen MR) is 129 cm³/mol. The SMILES string of the molecule is CCNC(=O)[C@@]1(Cc2ccc(-c3ccccc3OC)cc2)CCN(C(=O)CC(C)(C)C)C1. The van der Waals surface area contributed by atoms with Gasteiger partial charge in [0.05, 0.1) is 12.5 Å². The molecule has 0 radical (unpaired) electrons. The van der Waals surface area contributed by atoms with Crippen LogP contribution in [0.25, 0.3) is 11.1 Å². The van der Waals surface area contributed by atoms with Gasteiger partial charge >= 0.3 is 0 Å². The Bertz CT molecular complexity index is 946. The smallest absolute Gasteiger partial charge is 0.228 e. The summed E-state index contributed by atoms with van der Waals surface area (Å²) in [5.41, 5.74) is 2.56. The summed E-state index contributed by atoms with van der Waals surface area (Å²) in [4.78, 5) is 27.8. The monoisotopic (exact) mass is 436 g/mol. The Morgan fingerprint density at radius 2 is 1.78 bits per heavy atom. The predicted octanol–water partition coefficient (Wildman–Crippen LogP) is 4.70. The van der Waals surface area contributed by atoms with Crippen LogP contribution in [-0.4, -0.2) is 43.5 Å². The van der Waals surface area contributed by atoms with E-state index in [9.17, 15) is 9.59 Å². The van der Waals surface area contributed by atoms with Crippen LogP contribution >= 0.6 is 0 Å². The maximum Gasteiger partial charge on any atom is 0.228 e. The number of carbonyl (C=O) groups is 2. The molecule has 0 unspecified atom stereocenters. The molecule has 5 heteroatoms. The molecule has 2 aromatic carbocycles. The summed E-state index contributed by atoms with van der Waals surface area (Å²) < 4.78 is 5.49. The molecule has 0 aliphatic carbocycles. The van der Waals surface area contributed by atoms with E-state index < -0.39 is 5.41 Å². The molecule has 0 bridgehead atoms. The Hall–Kier alpha value is -2.82. The zero-order chi connectivity index (χ0) is 23.4. The van der Waals surface area contributed by atoms with Crippen molar-refractivity contribution < 1.29 is 14.3 Å². The van der Waals surface area contributed by atoms with E-state index in [1.54, 1.807) is 7.11 Å². The lowest BCUT2D eigenvalue weighted by Crippen LogP contribution is -2.45. The summed E-state index contributed by atoms with van der Waals surface area (Å²) in [5.74, 6) is 1.01. The molecule has 0 saturated carbocycles. The van der Waals surface area contributed by atoms with Gasteiger partial charge in [0.25, 0.3) is 0 Å². The van der Waals surface area contributed by atoms with Crippen molar-refractivity contribution in [1.82, 2.24) is 10.2 Å². The highest BCUT2D eigenvalue weighted by molar-refractivity contribution is 5.86. The third kappa shape index (κ3) is 5.50. The van der Waals surface area contributed by atoms with Crippen molar-refractivity contribution in [2.75, 3.05) is 26.7 Å². The normalized spacial score (nSPS) is 18.5. The molecule has 1 N–H and O–H groups in total. The van der Waals surface area contributed by atoms with E-state index in [2.05, 4.69) is 50.4 Å². The fourth-order valence-corrected chi connectivity index (χ4v) is 4.48. The second-order valence-corrected chi connectivity index (χ2v) is 10.0. The van der Waals surface area contributed by atoms with Crippen molar-refractivity contribution in [2.24, 2.45) is 10.8 Å². The maximum absolute atomic E-state index is 13.1. The Balaban J connectivity index is 1.81. The van der Waals surface area contributed by atoms with Gasteiger partial charge in [-0.3, -0.25) is 9.59 Å². The molecule has 3 rings (SSSR count). The van der Waals surface area contributed by atoms with Gasteiger partial charge in [-0.1, -0.05) is 63.2 Å². The Morgan fingerprint density at radius 3 is 2.41 bits per heavy atom. The Kier molecular flexibility index (Phi) is 7.27. The highest BCUT2D eigenvalue weighted by atomic mass is 16.5. The third-order valence-electron chi connectivity index (χ3n) is 6.12. The number of methoxy groups -OCH3 is 1. The standard InChI is InChI=1S/C27H36N2O3/c1-6-28-25(31)27(15-16-29(19-27)24(30)18-26(2,3)4)17-20-11-13-21(14-12-20)22-9-7-8-10-23(22)32-5/h7-14H,6,15-19H2,1-5H3,(H,28,31)/t27-/m1/s1. The molecule has 1 aliphatic heterocycles. The average Bonchev–Trinajstić information content (AvgIpc) is 3.19. The van der Waals surface area contributed by atoms with Gasteiger partial charge in [0.1, 0.15) is 5.75 Å². The number of benzene rings is 2. The number of likely N-dealkylation sites (tertiary alicyclic amines) is 1. The fourth-order valence-electron chi connectivity index (χ4n) is 4.48.